The molecule has 0 bridgehead atoms. The van der Waals surface area contributed by atoms with Gasteiger partial charge in [-0.05, 0) is 38.1 Å². The van der Waals surface area contributed by atoms with E-state index < -0.39 is 27.3 Å². The summed E-state index contributed by atoms with van der Waals surface area (Å²) in [6, 6.07) is 14.5. The molecule has 2 aromatic rings. The average molecular weight is 429 g/mol. The van der Waals surface area contributed by atoms with E-state index in [9.17, 15) is 22.9 Å². The van der Waals surface area contributed by atoms with Gasteiger partial charge in [0.15, 0.2) is 5.71 Å². The molecule has 0 saturated heterocycles. The number of allylic oxidation sites excluding steroid dienone is 1. The van der Waals surface area contributed by atoms with E-state index in [2.05, 4.69) is 5.32 Å². The number of nitrogens with zero attached hydrogens (tertiary/aromatic N) is 1. The van der Waals surface area contributed by atoms with Crippen LogP contribution in [0.15, 0.2) is 60.8 Å². The fraction of sp³-hybridized carbons (Fsp3) is 0.273. The minimum absolute atomic E-state index is 0.172. The van der Waals surface area contributed by atoms with E-state index in [-0.39, 0.29) is 12.0 Å². The molecule has 30 heavy (non-hydrogen) atoms. The van der Waals surface area contributed by atoms with Crippen molar-refractivity contribution in [1.82, 2.24) is 0 Å². The number of hydrogen-bond acceptors (Lipinski definition) is 5. The van der Waals surface area contributed by atoms with Gasteiger partial charge >= 0.3 is 5.97 Å². The van der Waals surface area contributed by atoms with Crippen molar-refractivity contribution >= 4 is 33.2 Å². The van der Waals surface area contributed by atoms with Crippen molar-refractivity contribution in [3.8, 4) is 0 Å². The van der Waals surface area contributed by atoms with Gasteiger partial charge < -0.3 is 15.0 Å². The van der Waals surface area contributed by atoms with Crippen LogP contribution < -0.4 is 5.32 Å². The molecule has 0 atom stereocenters. The Morgan fingerprint density at radius 2 is 1.90 bits per heavy atom. The van der Waals surface area contributed by atoms with Crippen molar-refractivity contribution in [3.63, 3.8) is 0 Å². The van der Waals surface area contributed by atoms with Crippen LogP contribution in [0.25, 0.3) is 0 Å². The first-order valence-electron chi connectivity index (χ1n) is 9.54. The second-order valence-corrected chi connectivity index (χ2v) is 9.18. The number of carboxylic acid groups (broad SMARTS) is 1. The van der Waals surface area contributed by atoms with Crippen molar-refractivity contribution < 1.29 is 27.4 Å². The predicted molar refractivity (Wildman–Crippen MR) is 115 cm³/mol. The van der Waals surface area contributed by atoms with Crippen LogP contribution in [0.3, 0.4) is 0 Å². The number of rotatable bonds is 8. The summed E-state index contributed by atoms with van der Waals surface area (Å²) in [6.07, 6.45) is 3.87. The molecule has 158 valence electrons. The number of benzene rings is 2. The second kappa shape index (κ2) is 8.41. The van der Waals surface area contributed by atoms with Crippen LogP contribution >= 0.6 is 0 Å². The highest BCUT2D eigenvalue weighted by molar-refractivity contribution is 7.85. The van der Waals surface area contributed by atoms with Gasteiger partial charge in [0.2, 0.25) is 5.69 Å². The van der Waals surface area contributed by atoms with Gasteiger partial charge in [0.05, 0.1) is 21.1 Å². The van der Waals surface area contributed by atoms with E-state index in [0.29, 0.717) is 6.54 Å². The molecule has 0 aliphatic carbocycles. The maximum absolute atomic E-state index is 11.4. The lowest BCUT2D eigenvalue weighted by Gasteiger charge is -2.16. The maximum Gasteiger partial charge on any atom is 0.335 e. The van der Waals surface area contributed by atoms with E-state index >= 15 is 0 Å². The Bertz CT molecular complexity index is 1120. The van der Waals surface area contributed by atoms with Crippen molar-refractivity contribution in [1.29, 1.82) is 0 Å². The Balaban J connectivity index is 1.97. The third kappa shape index (κ3) is 4.77. The van der Waals surface area contributed by atoms with Crippen LogP contribution in [-0.2, 0) is 15.5 Å². The number of carbonyl (C=O) groups is 1. The first-order chi connectivity index (χ1) is 14.1. The lowest BCUT2D eigenvalue weighted by Crippen LogP contribution is -2.28. The summed E-state index contributed by atoms with van der Waals surface area (Å²) in [7, 11) is -4.30. The molecular weight excluding hydrogens is 404 g/mol. The summed E-state index contributed by atoms with van der Waals surface area (Å²) in [5, 5.41) is 12.6. The van der Waals surface area contributed by atoms with Gasteiger partial charge in [-0.3, -0.25) is 0 Å². The quantitative estimate of drug-likeness (QED) is 0.493. The zero-order valence-electron chi connectivity index (χ0n) is 16.8. The molecule has 0 amide bonds. The van der Waals surface area contributed by atoms with Gasteiger partial charge in [-0.2, -0.15) is 4.58 Å². The number of aromatic carboxylic acids is 1. The standard InChI is InChI=1S/C22H24N2O5S/c1-22(2)18-15-16(21(25)26)9-10-19(18)24(13-6-14-30(27,28)29)20(22)11-12-23-17-7-4-3-5-8-17/h3-5,7-12,15H,6,13-14H2,1-2H3,(H2,25,26,27,28,29). The number of fused-ring (bicyclic) bond motifs is 1. The summed E-state index contributed by atoms with van der Waals surface area (Å²) in [6.45, 7) is 4.31. The molecule has 0 saturated carbocycles. The molecule has 1 aliphatic rings. The molecule has 0 spiro atoms. The molecule has 1 heterocycles. The third-order valence-corrected chi connectivity index (χ3v) is 5.97. The first-order valence-corrected chi connectivity index (χ1v) is 11.1. The zero-order valence-corrected chi connectivity index (χ0v) is 17.6. The lowest BCUT2D eigenvalue weighted by atomic mass is 9.81. The molecule has 0 radical (unpaired) electrons. The molecule has 3 rings (SSSR count). The summed E-state index contributed by atoms with van der Waals surface area (Å²) in [5.74, 6) is -1.46. The third-order valence-electron chi connectivity index (χ3n) is 5.18. The monoisotopic (exact) mass is 428 g/mol. The summed E-state index contributed by atoms with van der Waals surface area (Å²) in [5.41, 5.74) is 3.13. The number of anilines is 1. The van der Waals surface area contributed by atoms with E-state index in [1.165, 1.54) is 6.07 Å². The highest BCUT2D eigenvalue weighted by atomic mass is 32.2. The molecule has 0 fully saturated rings. The molecule has 1 aliphatic heterocycles. The highest BCUT2D eigenvalue weighted by Gasteiger charge is 2.44. The number of carboxylic acids is 1. The minimum Gasteiger partial charge on any atom is -0.748 e. The summed E-state index contributed by atoms with van der Waals surface area (Å²) < 4.78 is 35.1. The Morgan fingerprint density at radius 3 is 2.53 bits per heavy atom. The Kier molecular flexibility index (Phi) is 6.09. The molecule has 7 nitrogen and oxygen atoms in total. The van der Waals surface area contributed by atoms with Crippen molar-refractivity contribution in [2.24, 2.45) is 0 Å². The summed E-state index contributed by atoms with van der Waals surface area (Å²) in [4.78, 5) is 11.4. The summed E-state index contributed by atoms with van der Waals surface area (Å²) >= 11 is 0. The van der Waals surface area contributed by atoms with Gasteiger partial charge in [0.1, 0.15) is 6.54 Å². The SMILES string of the molecule is CC1(C)C(/C=C/Nc2ccccc2)=[N+](CCCS(=O)(=O)[O-])c2ccc(C(=O)O)cc21. The molecule has 2 aromatic carbocycles. The van der Waals surface area contributed by atoms with Gasteiger partial charge in [-0.25, -0.2) is 13.2 Å². The highest BCUT2D eigenvalue weighted by Crippen LogP contribution is 2.40. The minimum atomic E-state index is -4.30. The zero-order chi connectivity index (χ0) is 21.9. The largest absolute Gasteiger partial charge is 0.748 e. The smallest absolute Gasteiger partial charge is 0.335 e. The van der Waals surface area contributed by atoms with Crippen molar-refractivity contribution in [2.75, 3.05) is 17.6 Å². The van der Waals surface area contributed by atoms with Crippen LogP contribution in [0, 0.1) is 0 Å². The Hall–Kier alpha value is -2.97. The van der Waals surface area contributed by atoms with Gasteiger partial charge in [-0.15, -0.1) is 0 Å². The predicted octanol–water partition coefficient (Wildman–Crippen LogP) is 3.32. The number of nitrogens with one attached hydrogen (secondary N) is 1. The Morgan fingerprint density at radius 1 is 1.20 bits per heavy atom. The van der Waals surface area contributed by atoms with Crippen LogP contribution in [-0.4, -0.2) is 46.6 Å². The molecule has 8 heteroatoms. The second-order valence-electron chi connectivity index (χ2n) is 7.66. The van der Waals surface area contributed by atoms with E-state index in [1.54, 1.807) is 18.3 Å². The maximum atomic E-state index is 11.4. The molecular formula is C22H24N2O5S. The van der Waals surface area contributed by atoms with E-state index in [4.69, 9.17) is 0 Å². The van der Waals surface area contributed by atoms with Gasteiger partial charge in [0, 0.05) is 41.8 Å². The average Bonchev–Trinajstić information content (AvgIpc) is 2.88. The van der Waals surface area contributed by atoms with Crippen LogP contribution in [0.1, 0.15) is 36.2 Å². The number of para-hydroxylation sites is 1. The van der Waals surface area contributed by atoms with Crippen molar-refractivity contribution in [2.45, 2.75) is 25.7 Å². The normalized spacial score (nSPS) is 15.4. The van der Waals surface area contributed by atoms with E-state index in [0.717, 1.165) is 22.6 Å². The van der Waals surface area contributed by atoms with Crippen LogP contribution in [0.4, 0.5) is 11.4 Å². The fourth-order valence-electron chi connectivity index (χ4n) is 3.70. The topological polar surface area (TPSA) is 110 Å². The van der Waals surface area contributed by atoms with Crippen LogP contribution in [0.5, 0.6) is 0 Å². The fourth-order valence-corrected chi connectivity index (χ4v) is 4.18. The number of hydrogen-bond donors (Lipinski definition) is 2. The molecule has 0 unspecified atom stereocenters. The Labute approximate surface area is 176 Å². The van der Waals surface area contributed by atoms with E-state index in [1.807, 2.05) is 54.8 Å². The van der Waals surface area contributed by atoms with Gasteiger partial charge in [-0.1, -0.05) is 18.2 Å². The lowest BCUT2D eigenvalue weighted by molar-refractivity contribution is -0.437. The molecule has 0 aromatic heterocycles. The first kappa shape index (κ1) is 21.7. The van der Waals surface area contributed by atoms with Crippen LogP contribution in [0.2, 0.25) is 0 Å². The van der Waals surface area contributed by atoms with Crippen molar-refractivity contribution in [3.05, 3.63) is 71.9 Å². The molecule has 2 N–H and O–H groups in total. The van der Waals surface area contributed by atoms with Gasteiger partial charge in [0.25, 0.3) is 0 Å².